The first-order valence-corrected chi connectivity index (χ1v) is 26.3. The smallest absolute Gasteiger partial charge is 0.302 e. The Bertz CT molecular complexity index is 3380. The van der Waals surface area contributed by atoms with Crippen molar-refractivity contribution < 1.29 is 51.2 Å². The minimum absolute atomic E-state index is 0.139. The van der Waals surface area contributed by atoms with Crippen molar-refractivity contribution >= 4 is 84.1 Å². The fourth-order valence-corrected chi connectivity index (χ4v) is 11.8. The normalized spacial score (nSPS) is 17.3. The summed E-state index contributed by atoms with van der Waals surface area (Å²) in [6.07, 6.45) is 11.3. The van der Waals surface area contributed by atoms with Crippen LogP contribution in [0.15, 0.2) is 178 Å². The molecule has 6 aromatic rings. The molecule has 3 aliphatic rings. The van der Waals surface area contributed by atoms with Crippen LogP contribution in [0.1, 0.15) is 71.9 Å². The lowest BCUT2D eigenvalue weighted by Gasteiger charge is -2.34. The first-order valence-electron chi connectivity index (χ1n) is 24.1. The van der Waals surface area contributed by atoms with Gasteiger partial charge in [0.1, 0.15) is 16.7 Å². The van der Waals surface area contributed by atoms with E-state index in [9.17, 15) is 27.8 Å². The van der Waals surface area contributed by atoms with Gasteiger partial charge in [-0.15, -0.1) is 0 Å². The molecule has 0 N–H and O–H groups in total. The molecule has 0 saturated carbocycles. The van der Waals surface area contributed by atoms with Crippen LogP contribution in [0.3, 0.4) is 0 Å². The zero-order chi connectivity index (χ0) is 51.7. The van der Waals surface area contributed by atoms with E-state index in [0.717, 1.165) is 110 Å². The molecule has 0 amide bonds. The van der Waals surface area contributed by atoms with Gasteiger partial charge in [-0.2, -0.15) is 8.91 Å². The van der Waals surface area contributed by atoms with E-state index in [-0.39, 0.29) is 30.0 Å². The van der Waals surface area contributed by atoms with Gasteiger partial charge in [0.25, 0.3) is 0 Å². The van der Waals surface area contributed by atoms with Crippen molar-refractivity contribution in [3.63, 3.8) is 0 Å². The highest BCUT2D eigenvalue weighted by molar-refractivity contribution is 7.94. The van der Waals surface area contributed by atoms with Gasteiger partial charge >= 0.3 is 11.9 Å². The number of fused-ring (bicyclic) bond motifs is 6. The van der Waals surface area contributed by atoms with Crippen LogP contribution in [0.25, 0.3) is 21.5 Å². The molecule has 376 valence electrons. The number of anilines is 3. The fourth-order valence-electron chi connectivity index (χ4n) is 10.9. The maximum atomic E-state index is 12.1. The predicted octanol–water partition coefficient (Wildman–Crippen LogP) is 11.1. The van der Waals surface area contributed by atoms with Gasteiger partial charge in [0.05, 0.1) is 34.6 Å². The second-order valence-electron chi connectivity index (χ2n) is 19.3. The predicted molar refractivity (Wildman–Crippen MR) is 282 cm³/mol. The van der Waals surface area contributed by atoms with Crippen molar-refractivity contribution in [3.8, 4) is 0 Å². The Kier molecular flexibility index (Phi) is 14.6. The molecule has 73 heavy (non-hydrogen) atoms. The van der Waals surface area contributed by atoms with Gasteiger partial charge in [-0.3, -0.25) is 14.6 Å². The lowest BCUT2D eigenvalue weighted by molar-refractivity contribution is -0.777. The number of benzene rings is 6. The number of carbonyl (C=O) groups is 2. The summed E-state index contributed by atoms with van der Waals surface area (Å²) < 4.78 is 54.3. The van der Waals surface area contributed by atoms with E-state index in [0.29, 0.717) is 23.4 Å². The number of esters is 2. The Morgan fingerprint density at radius 1 is 0.753 bits per heavy atom. The summed E-state index contributed by atoms with van der Waals surface area (Å²) in [4.78, 5) is 29.1. The molecular weight excluding hydrogens is 963 g/mol. The number of rotatable bonds is 16. The highest BCUT2D eigenvalue weighted by Crippen LogP contribution is 2.52. The van der Waals surface area contributed by atoms with E-state index < -0.39 is 20.9 Å². The Morgan fingerprint density at radius 2 is 1.40 bits per heavy atom. The molecular formula is C58H56N3O10S2-. The number of hydrogen-bond donors (Lipinski definition) is 0. The quantitative estimate of drug-likeness (QED) is 0.0225. The molecule has 0 spiro atoms. The van der Waals surface area contributed by atoms with Crippen molar-refractivity contribution in [2.75, 3.05) is 36.1 Å². The summed E-state index contributed by atoms with van der Waals surface area (Å²) >= 11 is 0.848. The zero-order valence-corrected chi connectivity index (χ0v) is 43.2. The van der Waals surface area contributed by atoms with Crippen LogP contribution < -0.4 is 15.1 Å². The molecule has 0 atom stereocenters. The molecule has 6 aromatic carbocycles. The minimum atomic E-state index is -4.68. The summed E-state index contributed by atoms with van der Waals surface area (Å²) in [5.74, 6) is -0.734. The van der Waals surface area contributed by atoms with Gasteiger partial charge in [0.2, 0.25) is 5.69 Å². The van der Waals surface area contributed by atoms with Crippen LogP contribution in [-0.4, -0.2) is 61.5 Å². The molecule has 0 aromatic heterocycles. The Balaban J connectivity index is 1.22. The van der Waals surface area contributed by atoms with Crippen LogP contribution in [0.4, 0.5) is 22.7 Å². The number of para-hydroxylation sites is 2. The van der Waals surface area contributed by atoms with Crippen molar-refractivity contribution in [2.45, 2.75) is 81.4 Å². The Morgan fingerprint density at radius 3 is 2.07 bits per heavy atom. The van der Waals surface area contributed by atoms with Crippen molar-refractivity contribution in [3.05, 3.63) is 179 Å². The van der Waals surface area contributed by atoms with Crippen molar-refractivity contribution in [1.82, 2.24) is 0 Å². The molecule has 15 heteroatoms. The summed E-state index contributed by atoms with van der Waals surface area (Å²) in [6, 6.07) is 39.0. The fraction of sp³-hybridized carbons (Fsp3) is 0.259. The average Bonchev–Trinajstić information content (AvgIpc) is 3.72. The van der Waals surface area contributed by atoms with E-state index in [4.69, 9.17) is 9.47 Å². The molecule has 0 saturated heterocycles. The summed E-state index contributed by atoms with van der Waals surface area (Å²) in [6.45, 7) is 12.6. The van der Waals surface area contributed by atoms with E-state index in [1.807, 2.05) is 72.8 Å². The third-order valence-electron chi connectivity index (χ3n) is 14.0. The minimum Gasteiger partial charge on any atom is -0.744 e. The number of hydrogen-bond acceptors (Lipinski definition) is 13. The number of allylic oxidation sites excluding steroid dienone is 7. The number of ether oxygens (including phenoxy) is 2. The van der Waals surface area contributed by atoms with Crippen molar-refractivity contribution in [1.29, 1.82) is 0 Å². The molecule has 0 fully saturated rings. The van der Waals surface area contributed by atoms with Gasteiger partial charge in [0.15, 0.2) is 18.9 Å². The second-order valence-corrected chi connectivity index (χ2v) is 21.4. The maximum absolute atomic E-state index is 12.1. The average molecular weight is 1020 g/mol. The molecule has 2 heterocycles. The van der Waals surface area contributed by atoms with Crippen LogP contribution >= 0.6 is 12.0 Å². The monoisotopic (exact) mass is 1020 g/mol. The molecule has 0 radical (unpaired) electrons. The number of carbonyl (C=O) groups excluding carboxylic acids is 2. The maximum Gasteiger partial charge on any atom is 0.302 e. The Labute approximate surface area is 430 Å². The highest BCUT2D eigenvalue weighted by Gasteiger charge is 2.46. The summed E-state index contributed by atoms with van der Waals surface area (Å²) in [5, 5.41) is 17.7. The third kappa shape index (κ3) is 10.3. The Hall–Kier alpha value is -6.85. The van der Waals surface area contributed by atoms with E-state index in [1.165, 1.54) is 26.0 Å². The molecule has 0 bridgehead atoms. The van der Waals surface area contributed by atoms with Crippen LogP contribution in [-0.2, 0) is 49.4 Å². The molecule has 9 rings (SSSR count). The molecule has 0 unspecified atom stereocenters. The molecule has 1 aliphatic carbocycles. The van der Waals surface area contributed by atoms with Crippen molar-refractivity contribution in [2.24, 2.45) is 0 Å². The zero-order valence-electron chi connectivity index (χ0n) is 41.5. The lowest BCUT2D eigenvalue weighted by atomic mass is 9.78. The van der Waals surface area contributed by atoms with E-state index in [1.54, 1.807) is 6.07 Å². The SMILES string of the molecule is CC(=O)OCCN1/C(=C/C=C2\CCCC(/C=C/C3=[N+](CCOC(C)=O)c4ccc5cc(SOO[O-])ccc5c4C3(C)C)=C2N(c2ccccc2)c2ccccc2)C(C)(C)c2c1ccc1cc(S(=O)(=O)[O-])ccc21. The van der Waals surface area contributed by atoms with Gasteiger partial charge in [0, 0.05) is 64.6 Å². The number of nitrogens with zero attached hydrogens (tertiary/aromatic N) is 3. The van der Waals surface area contributed by atoms with Gasteiger partial charge in [-0.25, -0.2) is 8.42 Å². The first kappa shape index (κ1) is 51.1. The standard InChI is InChI=1S/C58H57N3O10S2/c1-38(62)68-34-32-59-50-28-20-42-36-46(72-71-70-64)24-26-48(42)54(50)57(3,4)52(59)30-22-40-14-13-15-41(56(40)61(44-16-9-7-10-17-44)45-18-11-8-12-19-45)23-31-53-58(5,6)55-49-27-25-47(73(65,66)67)37-43(49)21-29-51(55)60(53)33-35-69-39(2)63/h7-12,16-31,36-37H,13-15,32-35H2,1-6H3,(H-,64,65,66,67)/p-1. The van der Waals surface area contributed by atoms with E-state index >= 15 is 0 Å². The molecule has 13 nitrogen and oxygen atoms in total. The molecule has 2 aliphatic heterocycles. The van der Waals surface area contributed by atoms with Crippen LogP contribution in [0, 0.1) is 0 Å². The van der Waals surface area contributed by atoms with Gasteiger partial charge < -0.3 is 29.1 Å². The summed E-state index contributed by atoms with van der Waals surface area (Å²) in [7, 11) is -4.68. The highest BCUT2D eigenvalue weighted by atomic mass is 32.2. The van der Waals surface area contributed by atoms with Crippen LogP contribution in [0.5, 0.6) is 0 Å². The van der Waals surface area contributed by atoms with Crippen LogP contribution in [0.2, 0.25) is 0 Å². The van der Waals surface area contributed by atoms with Gasteiger partial charge in [-0.1, -0.05) is 80.6 Å². The largest absolute Gasteiger partial charge is 0.744 e. The van der Waals surface area contributed by atoms with E-state index in [2.05, 4.69) is 106 Å². The lowest BCUT2D eigenvalue weighted by Crippen LogP contribution is -2.29. The third-order valence-corrected chi connectivity index (χ3v) is 15.4. The first-order chi connectivity index (χ1) is 35.0. The summed E-state index contributed by atoms with van der Waals surface area (Å²) in [5.41, 5.74) is 10.1. The van der Waals surface area contributed by atoms with Gasteiger partial charge in [-0.05, 0) is 138 Å². The second kappa shape index (κ2) is 20.9. The topological polar surface area (TPSA) is 161 Å².